The van der Waals surface area contributed by atoms with Crippen molar-refractivity contribution in [2.24, 2.45) is 5.41 Å². The van der Waals surface area contributed by atoms with Crippen LogP contribution in [0.4, 0.5) is 0 Å². The van der Waals surface area contributed by atoms with E-state index in [0.29, 0.717) is 13.0 Å². The van der Waals surface area contributed by atoms with Crippen LogP contribution in [0.15, 0.2) is 0 Å². The Morgan fingerprint density at radius 2 is 1.79 bits per heavy atom. The Hall–Kier alpha value is -1.06. The van der Waals surface area contributed by atoms with E-state index in [2.05, 4.69) is 5.32 Å². The van der Waals surface area contributed by atoms with Crippen molar-refractivity contribution in [3.63, 3.8) is 0 Å². The third-order valence-electron chi connectivity index (χ3n) is 1.53. The average molecular weight is 203 g/mol. The van der Waals surface area contributed by atoms with E-state index < -0.39 is 11.4 Å². The second-order valence-corrected chi connectivity index (χ2v) is 4.00. The highest BCUT2D eigenvalue weighted by Gasteiger charge is 2.20. The SMILES string of the molecule is C.CC(C)(C)C(=O)NCCCC(=O)O. The van der Waals surface area contributed by atoms with E-state index in [1.165, 1.54) is 0 Å². The summed E-state index contributed by atoms with van der Waals surface area (Å²) in [4.78, 5) is 21.4. The number of carbonyl (C=O) groups is 2. The number of hydrogen-bond donors (Lipinski definition) is 2. The van der Waals surface area contributed by atoms with Crippen LogP contribution in [-0.2, 0) is 9.59 Å². The minimum Gasteiger partial charge on any atom is -0.481 e. The maximum absolute atomic E-state index is 11.3. The molecule has 0 fully saturated rings. The zero-order valence-corrected chi connectivity index (χ0v) is 8.39. The molecule has 0 rings (SSSR count). The zero-order chi connectivity index (χ0) is 10.5. The van der Waals surface area contributed by atoms with Crippen molar-refractivity contribution in [1.29, 1.82) is 0 Å². The topological polar surface area (TPSA) is 66.4 Å². The van der Waals surface area contributed by atoms with Gasteiger partial charge < -0.3 is 10.4 Å². The number of carbonyl (C=O) groups excluding carboxylic acids is 1. The van der Waals surface area contributed by atoms with Crippen LogP contribution in [0.3, 0.4) is 0 Å². The Bertz CT molecular complexity index is 194. The molecule has 4 heteroatoms. The van der Waals surface area contributed by atoms with Crippen molar-refractivity contribution in [2.75, 3.05) is 6.54 Å². The number of rotatable bonds is 4. The lowest BCUT2D eigenvalue weighted by atomic mass is 9.96. The summed E-state index contributed by atoms with van der Waals surface area (Å²) in [6, 6.07) is 0. The summed E-state index contributed by atoms with van der Waals surface area (Å²) in [7, 11) is 0. The monoisotopic (exact) mass is 203 g/mol. The third kappa shape index (κ3) is 7.58. The molecular formula is C10H21NO3. The van der Waals surface area contributed by atoms with Gasteiger partial charge in [0.25, 0.3) is 0 Å². The maximum atomic E-state index is 11.3. The van der Waals surface area contributed by atoms with E-state index in [4.69, 9.17) is 5.11 Å². The molecule has 0 saturated heterocycles. The van der Waals surface area contributed by atoms with E-state index in [1.54, 1.807) is 0 Å². The molecule has 0 unspecified atom stereocenters. The summed E-state index contributed by atoms with van der Waals surface area (Å²) in [5.74, 6) is -0.872. The summed E-state index contributed by atoms with van der Waals surface area (Å²) < 4.78 is 0. The predicted molar refractivity (Wildman–Crippen MR) is 56.1 cm³/mol. The van der Waals surface area contributed by atoms with E-state index in [1.807, 2.05) is 20.8 Å². The summed E-state index contributed by atoms with van der Waals surface area (Å²) in [6.07, 6.45) is 0.585. The van der Waals surface area contributed by atoms with Crippen LogP contribution < -0.4 is 5.32 Å². The second-order valence-electron chi connectivity index (χ2n) is 4.00. The average Bonchev–Trinajstić information content (AvgIpc) is 1.95. The Kier molecular flexibility index (Phi) is 7.05. The molecule has 14 heavy (non-hydrogen) atoms. The summed E-state index contributed by atoms with van der Waals surface area (Å²) >= 11 is 0. The molecule has 0 spiro atoms. The number of aliphatic carboxylic acids is 1. The molecule has 0 aromatic heterocycles. The van der Waals surface area contributed by atoms with Crippen LogP contribution in [0.1, 0.15) is 41.0 Å². The van der Waals surface area contributed by atoms with E-state index in [0.717, 1.165) is 0 Å². The largest absolute Gasteiger partial charge is 0.481 e. The van der Waals surface area contributed by atoms with Crippen molar-refractivity contribution >= 4 is 11.9 Å². The molecule has 84 valence electrons. The van der Waals surface area contributed by atoms with Crippen LogP contribution >= 0.6 is 0 Å². The van der Waals surface area contributed by atoms with Gasteiger partial charge in [0, 0.05) is 18.4 Å². The standard InChI is InChI=1S/C9H17NO3.CH4/c1-9(2,3)8(13)10-6-4-5-7(11)12;/h4-6H2,1-3H3,(H,10,13)(H,11,12);1H4. The van der Waals surface area contributed by atoms with Crippen molar-refractivity contribution in [2.45, 2.75) is 41.0 Å². The lowest BCUT2D eigenvalue weighted by molar-refractivity contribution is -0.137. The van der Waals surface area contributed by atoms with Gasteiger partial charge >= 0.3 is 5.97 Å². The van der Waals surface area contributed by atoms with Crippen LogP contribution in [0.2, 0.25) is 0 Å². The molecule has 2 N–H and O–H groups in total. The molecule has 0 atom stereocenters. The van der Waals surface area contributed by atoms with Crippen molar-refractivity contribution < 1.29 is 14.7 Å². The molecule has 0 aromatic rings. The van der Waals surface area contributed by atoms with Crippen molar-refractivity contribution in [1.82, 2.24) is 5.32 Å². The normalized spacial score (nSPS) is 10.2. The quantitative estimate of drug-likeness (QED) is 0.683. The Balaban J connectivity index is 0. The number of nitrogens with one attached hydrogen (secondary N) is 1. The highest BCUT2D eigenvalue weighted by Crippen LogP contribution is 2.12. The molecule has 0 heterocycles. The molecule has 0 aliphatic carbocycles. The number of carboxylic acids is 1. The van der Waals surface area contributed by atoms with Crippen LogP contribution in [0.5, 0.6) is 0 Å². The highest BCUT2D eigenvalue weighted by molar-refractivity contribution is 5.81. The van der Waals surface area contributed by atoms with Crippen LogP contribution in [0.25, 0.3) is 0 Å². The highest BCUT2D eigenvalue weighted by atomic mass is 16.4. The number of carboxylic acid groups (broad SMARTS) is 1. The fourth-order valence-corrected chi connectivity index (χ4v) is 0.707. The predicted octanol–water partition coefficient (Wildman–Crippen LogP) is 1.65. The van der Waals surface area contributed by atoms with Crippen LogP contribution in [-0.4, -0.2) is 23.5 Å². The Morgan fingerprint density at radius 3 is 2.14 bits per heavy atom. The molecule has 0 aliphatic heterocycles. The van der Waals surface area contributed by atoms with E-state index in [-0.39, 0.29) is 19.8 Å². The lowest BCUT2D eigenvalue weighted by Gasteiger charge is -2.17. The Morgan fingerprint density at radius 1 is 1.29 bits per heavy atom. The van der Waals surface area contributed by atoms with Gasteiger partial charge in [0.05, 0.1) is 0 Å². The molecule has 0 bridgehead atoms. The van der Waals surface area contributed by atoms with Gasteiger partial charge in [-0.1, -0.05) is 28.2 Å². The first-order chi connectivity index (χ1) is 5.84. The van der Waals surface area contributed by atoms with E-state index in [9.17, 15) is 9.59 Å². The van der Waals surface area contributed by atoms with E-state index >= 15 is 0 Å². The summed E-state index contributed by atoms with van der Waals surface area (Å²) in [5.41, 5.74) is -0.400. The third-order valence-corrected chi connectivity index (χ3v) is 1.53. The summed E-state index contributed by atoms with van der Waals surface area (Å²) in [6.45, 7) is 5.89. The molecule has 1 amide bonds. The number of amides is 1. The molecule has 0 aliphatic rings. The van der Waals surface area contributed by atoms with Gasteiger partial charge in [0.1, 0.15) is 0 Å². The Labute approximate surface area is 85.7 Å². The van der Waals surface area contributed by atoms with Crippen LogP contribution in [0, 0.1) is 5.41 Å². The molecule has 0 aromatic carbocycles. The number of hydrogen-bond acceptors (Lipinski definition) is 2. The first-order valence-electron chi connectivity index (χ1n) is 4.34. The minimum absolute atomic E-state index is 0. The maximum Gasteiger partial charge on any atom is 0.303 e. The van der Waals surface area contributed by atoms with Crippen molar-refractivity contribution in [3.8, 4) is 0 Å². The smallest absolute Gasteiger partial charge is 0.303 e. The lowest BCUT2D eigenvalue weighted by Crippen LogP contribution is -2.35. The molecular weight excluding hydrogens is 182 g/mol. The zero-order valence-electron chi connectivity index (χ0n) is 8.39. The van der Waals surface area contributed by atoms with Crippen molar-refractivity contribution in [3.05, 3.63) is 0 Å². The van der Waals surface area contributed by atoms with Gasteiger partial charge in [0.2, 0.25) is 5.91 Å². The molecule has 4 nitrogen and oxygen atoms in total. The first-order valence-corrected chi connectivity index (χ1v) is 4.34. The van der Waals surface area contributed by atoms with Gasteiger partial charge in [-0.25, -0.2) is 0 Å². The second kappa shape index (κ2) is 6.40. The fourth-order valence-electron chi connectivity index (χ4n) is 0.707. The van der Waals surface area contributed by atoms with Gasteiger partial charge in [-0.15, -0.1) is 0 Å². The van der Waals surface area contributed by atoms with Gasteiger partial charge in [0.15, 0.2) is 0 Å². The first kappa shape index (κ1) is 15.4. The van der Waals surface area contributed by atoms with Gasteiger partial charge in [-0.3, -0.25) is 9.59 Å². The molecule has 0 saturated carbocycles. The van der Waals surface area contributed by atoms with Gasteiger partial charge in [-0.05, 0) is 6.42 Å². The summed E-state index contributed by atoms with van der Waals surface area (Å²) in [5, 5.41) is 11.0. The molecule has 0 radical (unpaired) electrons. The fraction of sp³-hybridized carbons (Fsp3) is 0.800. The minimum atomic E-state index is -0.829. The van der Waals surface area contributed by atoms with Gasteiger partial charge in [-0.2, -0.15) is 0 Å².